The molecule has 0 aromatic heterocycles. The molecule has 2 rings (SSSR count). The minimum Gasteiger partial charge on any atom is -0.444 e. The number of aliphatic hydroxyl groups is 1. The molecule has 1 aliphatic heterocycles. The van der Waals surface area contributed by atoms with Gasteiger partial charge >= 0.3 is 13.6 Å². The van der Waals surface area contributed by atoms with Gasteiger partial charge < -0.3 is 14.5 Å². The summed E-state index contributed by atoms with van der Waals surface area (Å²) in [6.45, 7) is 5.27. The predicted molar refractivity (Wildman–Crippen MR) is 71.0 cm³/mol. The Labute approximate surface area is 113 Å². The quantitative estimate of drug-likeness (QED) is 0.612. The number of hydrogen-bond donors (Lipinski definition) is 2. The number of benzene rings is 1. The predicted octanol–water partition coefficient (Wildman–Crippen LogP) is 0.845. The summed E-state index contributed by atoms with van der Waals surface area (Å²) in [7, 11) is 1.57. The molecule has 1 unspecified atom stereocenters. The van der Waals surface area contributed by atoms with Crippen LogP contribution in [0.25, 0.3) is 0 Å². The van der Waals surface area contributed by atoms with Gasteiger partial charge in [0.1, 0.15) is 11.7 Å². The molecule has 0 fully saturated rings. The van der Waals surface area contributed by atoms with E-state index in [2.05, 4.69) is 5.32 Å². The van der Waals surface area contributed by atoms with Crippen LogP contribution in [0.2, 0.25) is 0 Å². The zero-order chi connectivity index (χ0) is 14.0. The highest BCUT2D eigenvalue weighted by atomic mass is 16.6. The second kappa shape index (κ2) is 5.23. The third kappa shape index (κ3) is 3.48. The van der Waals surface area contributed by atoms with Crippen LogP contribution < -0.4 is 10.8 Å². The first kappa shape index (κ1) is 13.9. The van der Waals surface area contributed by atoms with Gasteiger partial charge in [0.15, 0.2) is 6.23 Å². The lowest BCUT2D eigenvalue weighted by atomic mass is 9.87. The summed E-state index contributed by atoms with van der Waals surface area (Å²) in [5.74, 6) is 0. The molecular weight excluding hydrogens is 245 g/mol. The molecule has 1 heterocycles. The highest BCUT2D eigenvalue weighted by Crippen LogP contribution is 2.23. The summed E-state index contributed by atoms with van der Waals surface area (Å²) < 4.78 is 10.5. The molecule has 1 amide bonds. The molecule has 2 atom stereocenters. The second-order valence-corrected chi connectivity index (χ2v) is 5.39. The lowest BCUT2D eigenvalue weighted by Gasteiger charge is -2.24. The van der Waals surface area contributed by atoms with Crippen LogP contribution in [0.4, 0.5) is 4.79 Å². The molecule has 19 heavy (non-hydrogen) atoms. The first-order chi connectivity index (χ1) is 8.87. The molecular formula is C13H17BNO4. The summed E-state index contributed by atoms with van der Waals surface area (Å²) >= 11 is 0. The minimum atomic E-state index is -1.16. The Morgan fingerprint density at radius 3 is 2.84 bits per heavy atom. The van der Waals surface area contributed by atoms with Gasteiger partial charge in [0, 0.05) is 0 Å². The maximum absolute atomic E-state index is 11.6. The molecule has 0 spiro atoms. The van der Waals surface area contributed by atoms with Crippen molar-refractivity contribution in [1.29, 1.82) is 0 Å². The van der Waals surface area contributed by atoms with Crippen LogP contribution >= 0.6 is 0 Å². The maximum Gasteiger partial charge on any atom is 0.409 e. The summed E-state index contributed by atoms with van der Waals surface area (Å²) in [6.07, 6.45) is -2.44. The van der Waals surface area contributed by atoms with Crippen LogP contribution in [-0.4, -0.2) is 30.5 Å². The van der Waals surface area contributed by atoms with Crippen LogP contribution in [0.5, 0.6) is 0 Å². The fourth-order valence-corrected chi connectivity index (χ4v) is 1.85. The van der Waals surface area contributed by atoms with Gasteiger partial charge in [-0.15, -0.1) is 0 Å². The smallest absolute Gasteiger partial charge is 0.409 e. The first-order valence-electron chi connectivity index (χ1n) is 6.12. The Balaban J connectivity index is 1.99. The Morgan fingerprint density at radius 2 is 2.16 bits per heavy atom. The zero-order valence-electron chi connectivity index (χ0n) is 11.2. The van der Waals surface area contributed by atoms with Gasteiger partial charge in [-0.05, 0) is 31.8 Å². The number of alkyl carbamates (subject to hydrolysis) is 1. The molecule has 1 aromatic carbocycles. The maximum atomic E-state index is 11.6. The molecule has 1 radical (unpaired) electrons. The Kier molecular flexibility index (Phi) is 3.82. The van der Waals surface area contributed by atoms with Gasteiger partial charge in [0.05, 0.1) is 0 Å². The molecule has 0 saturated heterocycles. The van der Waals surface area contributed by atoms with Crippen LogP contribution in [0.1, 0.15) is 32.4 Å². The average molecular weight is 262 g/mol. The van der Waals surface area contributed by atoms with Gasteiger partial charge in [0.25, 0.3) is 0 Å². The second-order valence-electron chi connectivity index (χ2n) is 5.39. The van der Waals surface area contributed by atoms with E-state index in [9.17, 15) is 9.90 Å². The Morgan fingerprint density at radius 1 is 1.47 bits per heavy atom. The topological polar surface area (TPSA) is 67.8 Å². The average Bonchev–Trinajstić information content (AvgIpc) is 2.69. The van der Waals surface area contributed by atoms with E-state index in [0.29, 0.717) is 0 Å². The van der Waals surface area contributed by atoms with Crippen LogP contribution in [-0.2, 0) is 9.39 Å². The van der Waals surface area contributed by atoms with Crippen molar-refractivity contribution < 1.29 is 19.3 Å². The van der Waals surface area contributed by atoms with E-state index in [1.54, 1.807) is 28.3 Å². The number of carbonyl (C=O) groups is 1. The van der Waals surface area contributed by atoms with Crippen LogP contribution in [0.3, 0.4) is 0 Å². The van der Waals surface area contributed by atoms with E-state index in [-0.39, 0.29) is 0 Å². The van der Waals surface area contributed by atoms with E-state index in [1.807, 2.05) is 24.3 Å². The number of fused-ring (bicyclic) bond motifs is 1. The van der Waals surface area contributed by atoms with Crippen molar-refractivity contribution in [2.45, 2.75) is 38.7 Å². The molecule has 0 aliphatic carbocycles. The number of hydrogen-bond acceptors (Lipinski definition) is 4. The number of ether oxygens (including phenoxy) is 1. The highest BCUT2D eigenvalue weighted by molar-refractivity contribution is 6.49. The van der Waals surface area contributed by atoms with Crippen LogP contribution in [0.15, 0.2) is 24.3 Å². The monoisotopic (exact) mass is 262 g/mol. The van der Waals surface area contributed by atoms with Crippen molar-refractivity contribution in [2.75, 3.05) is 0 Å². The lowest BCUT2D eigenvalue weighted by molar-refractivity contribution is -0.000292. The van der Waals surface area contributed by atoms with Crippen LogP contribution in [0, 0.1) is 0 Å². The van der Waals surface area contributed by atoms with Crippen molar-refractivity contribution in [3.63, 3.8) is 0 Å². The third-order valence-electron chi connectivity index (χ3n) is 2.60. The van der Waals surface area contributed by atoms with Gasteiger partial charge in [-0.1, -0.05) is 24.3 Å². The minimum absolute atomic E-state index is 0.607. The van der Waals surface area contributed by atoms with Crippen molar-refractivity contribution in [2.24, 2.45) is 0 Å². The summed E-state index contributed by atoms with van der Waals surface area (Å²) in [5, 5.41) is 12.4. The summed E-state index contributed by atoms with van der Waals surface area (Å²) in [5.41, 5.74) is 1.13. The zero-order valence-corrected chi connectivity index (χ0v) is 11.2. The van der Waals surface area contributed by atoms with Gasteiger partial charge in [0.2, 0.25) is 0 Å². The standard InChI is InChI=1S/C13H17BNO4/c1-13(2,3)18-12(17)15-11(16)10-8-6-4-5-7-9(8)14-19-10/h4-7,10-11,16H,1-3H3,(H,15,17)/t10?,11-/m0/s1. The normalized spacial score (nSPS) is 19.3. The number of rotatable bonds is 2. The SMILES string of the molecule is CC(C)(C)OC(=O)N[C@@H](O)C1O[B]c2ccccc21. The van der Waals surface area contributed by atoms with Crippen molar-refractivity contribution in [3.8, 4) is 0 Å². The fraction of sp³-hybridized carbons (Fsp3) is 0.462. The van der Waals surface area contributed by atoms with E-state index in [4.69, 9.17) is 9.39 Å². The van der Waals surface area contributed by atoms with Gasteiger partial charge in [-0.3, -0.25) is 5.32 Å². The van der Waals surface area contributed by atoms with E-state index in [1.165, 1.54) is 0 Å². The number of amides is 1. The van der Waals surface area contributed by atoms with Crippen molar-refractivity contribution in [1.82, 2.24) is 5.32 Å². The fourth-order valence-electron chi connectivity index (χ4n) is 1.85. The van der Waals surface area contributed by atoms with Gasteiger partial charge in [-0.2, -0.15) is 0 Å². The molecule has 1 aliphatic rings. The third-order valence-corrected chi connectivity index (χ3v) is 2.60. The molecule has 1 aromatic rings. The van der Waals surface area contributed by atoms with E-state index >= 15 is 0 Å². The molecule has 2 N–H and O–H groups in total. The Bertz CT molecular complexity index is 472. The lowest BCUT2D eigenvalue weighted by Crippen LogP contribution is -2.42. The first-order valence-corrected chi connectivity index (χ1v) is 6.12. The largest absolute Gasteiger partial charge is 0.444 e. The van der Waals surface area contributed by atoms with E-state index < -0.39 is 24.0 Å². The molecule has 0 saturated carbocycles. The van der Waals surface area contributed by atoms with Gasteiger partial charge in [-0.25, -0.2) is 4.79 Å². The summed E-state index contributed by atoms with van der Waals surface area (Å²) in [4.78, 5) is 11.6. The van der Waals surface area contributed by atoms with Crippen molar-refractivity contribution >= 4 is 19.0 Å². The highest BCUT2D eigenvalue weighted by Gasteiger charge is 2.31. The summed E-state index contributed by atoms with van der Waals surface area (Å²) in [6, 6.07) is 7.47. The number of aliphatic hydroxyl groups excluding tert-OH is 1. The molecule has 0 bridgehead atoms. The van der Waals surface area contributed by atoms with E-state index in [0.717, 1.165) is 11.0 Å². The Hall–Kier alpha value is -1.53. The number of nitrogens with one attached hydrogen (secondary N) is 1. The molecule has 5 nitrogen and oxygen atoms in total. The van der Waals surface area contributed by atoms with Crippen molar-refractivity contribution in [3.05, 3.63) is 29.8 Å². The molecule has 6 heteroatoms. The number of carbonyl (C=O) groups excluding carboxylic acids is 1. The molecule has 101 valence electrons.